The molecule has 4 N–H and O–H groups in total. The van der Waals surface area contributed by atoms with Crippen LogP contribution in [0, 0.1) is 0 Å². The van der Waals surface area contributed by atoms with Crippen LogP contribution in [0.25, 0.3) is 21.9 Å². The number of nitrogens with one attached hydrogen (secondary N) is 2. The molecule has 23 heavy (non-hydrogen) atoms. The lowest BCUT2D eigenvalue weighted by molar-refractivity contribution is 0.719. The van der Waals surface area contributed by atoms with Crippen molar-refractivity contribution in [3.05, 3.63) is 41.7 Å². The SMILES string of the molecule is Nc1nc(N2CCc3[nH]c4ccccc4c3C2)c2cn[nH]c2n1. The second kappa shape index (κ2) is 4.45. The molecule has 0 radical (unpaired) electrons. The van der Waals surface area contributed by atoms with Crippen LogP contribution in [-0.4, -0.2) is 31.7 Å². The Kier molecular flexibility index (Phi) is 2.41. The third kappa shape index (κ3) is 1.79. The Morgan fingerprint density at radius 1 is 1.13 bits per heavy atom. The lowest BCUT2D eigenvalue weighted by Crippen LogP contribution is -2.31. The van der Waals surface area contributed by atoms with E-state index in [1.165, 1.54) is 22.2 Å². The summed E-state index contributed by atoms with van der Waals surface area (Å²) in [6, 6.07) is 8.42. The normalized spacial score (nSPS) is 14.5. The standard InChI is InChI=1S/C16H15N7/c17-16-20-14-10(7-18-22-14)15(21-16)23-6-5-13-11(8-23)9-3-1-2-4-12(9)19-13/h1-4,7,19H,5-6,8H2,(H3,17,18,20,21,22). The third-order valence-corrected chi connectivity index (χ3v) is 4.49. The average molecular weight is 305 g/mol. The molecular weight excluding hydrogens is 290 g/mol. The van der Waals surface area contributed by atoms with Crippen LogP contribution in [0.2, 0.25) is 0 Å². The molecule has 114 valence electrons. The minimum absolute atomic E-state index is 0.265. The topological polar surface area (TPSA) is 99.5 Å². The number of benzene rings is 1. The van der Waals surface area contributed by atoms with E-state index in [4.69, 9.17) is 5.73 Å². The molecule has 0 saturated heterocycles. The van der Waals surface area contributed by atoms with Gasteiger partial charge in [-0.2, -0.15) is 15.1 Å². The van der Waals surface area contributed by atoms with E-state index in [1.807, 2.05) is 0 Å². The fourth-order valence-electron chi connectivity index (χ4n) is 3.42. The quantitative estimate of drug-likeness (QED) is 0.499. The number of nitrogen functional groups attached to an aromatic ring is 1. The number of hydrogen-bond acceptors (Lipinski definition) is 5. The summed E-state index contributed by atoms with van der Waals surface area (Å²) in [6.07, 6.45) is 2.71. The van der Waals surface area contributed by atoms with E-state index in [9.17, 15) is 0 Å². The Bertz CT molecular complexity index is 1030. The molecule has 0 bridgehead atoms. The second-order valence-corrected chi connectivity index (χ2v) is 5.84. The summed E-state index contributed by atoms with van der Waals surface area (Å²) in [7, 11) is 0. The molecule has 0 aliphatic carbocycles. The molecule has 0 spiro atoms. The van der Waals surface area contributed by atoms with Crippen molar-refractivity contribution in [2.75, 3.05) is 17.2 Å². The van der Waals surface area contributed by atoms with Gasteiger partial charge in [0.1, 0.15) is 5.82 Å². The van der Waals surface area contributed by atoms with E-state index in [0.29, 0.717) is 5.65 Å². The summed E-state index contributed by atoms with van der Waals surface area (Å²) in [5.41, 5.74) is 10.4. The number of anilines is 2. The molecule has 7 nitrogen and oxygen atoms in total. The molecule has 4 aromatic rings. The molecule has 4 heterocycles. The van der Waals surface area contributed by atoms with Crippen molar-refractivity contribution < 1.29 is 0 Å². The lowest BCUT2D eigenvalue weighted by atomic mass is 10.0. The summed E-state index contributed by atoms with van der Waals surface area (Å²) in [6.45, 7) is 1.69. The highest BCUT2D eigenvalue weighted by Gasteiger charge is 2.23. The maximum Gasteiger partial charge on any atom is 0.224 e. The molecule has 0 fully saturated rings. The van der Waals surface area contributed by atoms with Gasteiger partial charge in [-0.05, 0) is 6.07 Å². The molecule has 7 heteroatoms. The Hall–Kier alpha value is -3.09. The van der Waals surface area contributed by atoms with E-state index < -0.39 is 0 Å². The number of nitrogens with zero attached hydrogens (tertiary/aromatic N) is 4. The van der Waals surface area contributed by atoms with Crippen molar-refractivity contribution in [2.45, 2.75) is 13.0 Å². The van der Waals surface area contributed by atoms with Gasteiger partial charge in [0.05, 0.1) is 11.6 Å². The highest BCUT2D eigenvalue weighted by Crippen LogP contribution is 2.32. The first-order valence-electron chi connectivity index (χ1n) is 7.59. The number of rotatable bonds is 1. The van der Waals surface area contributed by atoms with Gasteiger partial charge in [-0.25, -0.2) is 0 Å². The maximum atomic E-state index is 5.85. The van der Waals surface area contributed by atoms with E-state index in [1.54, 1.807) is 6.20 Å². The molecule has 0 saturated carbocycles. The van der Waals surface area contributed by atoms with Gasteiger partial charge in [-0.1, -0.05) is 18.2 Å². The summed E-state index contributed by atoms with van der Waals surface area (Å²) in [5.74, 6) is 1.11. The van der Waals surface area contributed by atoms with E-state index in [0.717, 1.165) is 30.7 Å². The van der Waals surface area contributed by atoms with Crippen molar-refractivity contribution in [1.29, 1.82) is 0 Å². The van der Waals surface area contributed by atoms with Crippen molar-refractivity contribution in [3.63, 3.8) is 0 Å². The van der Waals surface area contributed by atoms with Gasteiger partial charge in [0.25, 0.3) is 0 Å². The summed E-state index contributed by atoms with van der Waals surface area (Å²) >= 11 is 0. The Morgan fingerprint density at radius 2 is 2.04 bits per heavy atom. The molecule has 0 amide bonds. The van der Waals surface area contributed by atoms with Crippen molar-refractivity contribution in [2.24, 2.45) is 0 Å². The maximum absolute atomic E-state index is 5.85. The first-order chi connectivity index (χ1) is 11.3. The number of aromatic amines is 2. The molecule has 1 aromatic carbocycles. The van der Waals surface area contributed by atoms with Crippen LogP contribution in [0.15, 0.2) is 30.5 Å². The first kappa shape index (κ1) is 12.5. The van der Waals surface area contributed by atoms with Crippen molar-refractivity contribution >= 4 is 33.7 Å². The van der Waals surface area contributed by atoms with E-state index in [2.05, 4.69) is 54.3 Å². The lowest BCUT2D eigenvalue weighted by Gasteiger charge is -2.28. The fourth-order valence-corrected chi connectivity index (χ4v) is 3.42. The van der Waals surface area contributed by atoms with Gasteiger partial charge in [-0.15, -0.1) is 0 Å². The first-order valence-corrected chi connectivity index (χ1v) is 7.59. The van der Waals surface area contributed by atoms with Crippen LogP contribution in [-0.2, 0) is 13.0 Å². The van der Waals surface area contributed by atoms with Crippen molar-refractivity contribution in [3.8, 4) is 0 Å². The number of nitrogens with two attached hydrogens (primary N) is 1. The second-order valence-electron chi connectivity index (χ2n) is 5.84. The monoisotopic (exact) mass is 305 g/mol. The van der Waals surface area contributed by atoms with E-state index in [-0.39, 0.29) is 5.95 Å². The Labute approximate surface area is 131 Å². The Morgan fingerprint density at radius 3 is 3.00 bits per heavy atom. The predicted molar refractivity (Wildman–Crippen MR) is 89.1 cm³/mol. The number of para-hydroxylation sites is 1. The smallest absolute Gasteiger partial charge is 0.224 e. The molecule has 5 rings (SSSR count). The van der Waals surface area contributed by atoms with Crippen molar-refractivity contribution in [1.82, 2.24) is 25.1 Å². The number of H-pyrrole nitrogens is 2. The zero-order valence-corrected chi connectivity index (χ0v) is 12.4. The van der Waals surface area contributed by atoms with Crippen LogP contribution in [0.3, 0.4) is 0 Å². The van der Waals surface area contributed by atoms with E-state index >= 15 is 0 Å². The molecule has 1 aliphatic rings. The molecule has 1 aliphatic heterocycles. The number of fused-ring (bicyclic) bond motifs is 4. The van der Waals surface area contributed by atoms with Gasteiger partial charge in [-0.3, -0.25) is 5.10 Å². The molecule has 0 atom stereocenters. The zero-order chi connectivity index (χ0) is 15.4. The largest absolute Gasteiger partial charge is 0.368 e. The molecule has 3 aromatic heterocycles. The molecular formula is C16H15N7. The highest BCUT2D eigenvalue weighted by atomic mass is 15.2. The van der Waals surface area contributed by atoms with Crippen LogP contribution < -0.4 is 10.6 Å². The van der Waals surface area contributed by atoms with Gasteiger partial charge < -0.3 is 15.6 Å². The summed E-state index contributed by atoms with van der Waals surface area (Å²) in [4.78, 5) is 14.4. The van der Waals surface area contributed by atoms with Gasteiger partial charge in [0.15, 0.2) is 5.65 Å². The van der Waals surface area contributed by atoms with Crippen LogP contribution in [0.4, 0.5) is 11.8 Å². The van der Waals surface area contributed by atoms with Crippen LogP contribution in [0.5, 0.6) is 0 Å². The number of hydrogen-bond donors (Lipinski definition) is 3. The highest BCUT2D eigenvalue weighted by molar-refractivity contribution is 5.89. The predicted octanol–water partition coefficient (Wildman–Crippen LogP) is 1.98. The summed E-state index contributed by atoms with van der Waals surface area (Å²) < 4.78 is 0. The Balaban J connectivity index is 1.64. The van der Waals surface area contributed by atoms with Crippen LogP contribution in [0.1, 0.15) is 11.3 Å². The molecule has 0 unspecified atom stereocenters. The third-order valence-electron chi connectivity index (χ3n) is 4.49. The zero-order valence-electron chi connectivity index (χ0n) is 12.4. The van der Waals surface area contributed by atoms with Gasteiger partial charge in [0, 0.05) is 41.7 Å². The van der Waals surface area contributed by atoms with Gasteiger partial charge >= 0.3 is 0 Å². The minimum Gasteiger partial charge on any atom is -0.368 e. The summed E-state index contributed by atoms with van der Waals surface area (Å²) in [5, 5.41) is 9.12. The number of aromatic nitrogens is 5. The average Bonchev–Trinajstić information content (AvgIpc) is 3.17. The minimum atomic E-state index is 0.265. The fraction of sp³-hybridized carbons (Fsp3) is 0.188. The van der Waals surface area contributed by atoms with Gasteiger partial charge in [0.2, 0.25) is 5.95 Å². The van der Waals surface area contributed by atoms with Crippen LogP contribution >= 0.6 is 0 Å².